The summed E-state index contributed by atoms with van der Waals surface area (Å²) in [6.07, 6.45) is -1.40. The average Bonchev–Trinajstić information content (AvgIpc) is 2.89. The summed E-state index contributed by atoms with van der Waals surface area (Å²) >= 11 is 0. The average molecular weight is 250 g/mol. The highest BCUT2D eigenvalue weighted by molar-refractivity contribution is 5.81. The van der Waals surface area contributed by atoms with Gasteiger partial charge in [0, 0.05) is 13.1 Å². The minimum atomic E-state index is -4.20. The first-order chi connectivity index (χ1) is 7.88. The van der Waals surface area contributed by atoms with Crippen molar-refractivity contribution in [2.75, 3.05) is 13.1 Å². The Balaban J connectivity index is 1.84. The summed E-state index contributed by atoms with van der Waals surface area (Å²) in [5.74, 6) is -1.18. The summed E-state index contributed by atoms with van der Waals surface area (Å²) in [4.78, 5) is 13.1. The lowest BCUT2D eigenvalue weighted by Crippen LogP contribution is -2.43. The fourth-order valence-corrected chi connectivity index (χ4v) is 2.28. The molecule has 0 radical (unpaired) electrons. The summed E-state index contributed by atoms with van der Waals surface area (Å²) in [5.41, 5.74) is 5.72. The number of carbonyl (C=O) groups excluding carboxylic acids is 1. The van der Waals surface area contributed by atoms with E-state index in [0.717, 1.165) is 12.8 Å². The molecule has 2 fully saturated rings. The van der Waals surface area contributed by atoms with Crippen molar-refractivity contribution in [3.8, 4) is 0 Å². The second-order valence-electron chi connectivity index (χ2n) is 5.10. The van der Waals surface area contributed by atoms with Gasteiger partial charge in [0.2, 0.25) is 5.91 Å². The largest absolute Gasteiger partial charge is 0.393 e. The van der Waals surface area contributed by atoms with Crippen LogP contribution in [0.4, 0.5) is 13.2 Å². The Bertz CT molecular complexity index is 302. The molecule has 0 aromatic rings. The van der Waals surface area contributed by atoms with E-state index in [4.69, 9.17) is 5.73 Å². The van der Waals surface area contributed by atoms with Gasteiger partial charge >= 0.3 is 6.18 Å². The molecule has 1 heterocycles. The normalized spacial score (nSPS) is 27.3. The van der Waals surface area contributed by atoms with Crippen LogP contribution in [-0.4, -0.2) is 36.1 Å². The molecule has 0 aromatic carbocycles. The molecule has 1 saturated heterocycles. The number of hydrogen-bond donors (Lipinski definition) is 1. The van der Waals surface area contributed by atoms with Crippen LogP contribution in [0.2, 0.25) is 0 Å². The SMILES string of the molecule is NC(CC1CC1)C(=O)N1CCC(C(F)(F)F)C1. The number of rotatable bonds is 3. The molecule has 1 aliphatic heterocycles. The Hall–Kier alpha value is -0.780. The minimum absolute atomic E-state index is 0.00535. The topological polar surface area (TPSA) is 46.3 Å². The number of carbonyl (C=O) groups is 1. The number of nitrogens with two attached hydrogens (primary N) is 1. The van der Waals surface area contributed by atoms with Gasteiger partial charge in [0.05, 0.1) is 12.0 Å². The minimum Gasteiger partial charge on any atom is -0.341 e. The van der Waals surface area contributed by atoms with Crippen molar-refractivity contribution >= 4 is 5.91 Å². The predicted molar refractivity (Wildman–Crippen MR) is 56.1 cm³/mol. The number of amides is 1. The van der Waals surface area contributed by atoms with Gasteiger partial charge in [0.1, 0.15) is 0 Å². The number of nitrogens with zero attached hydrogens (tertiary/aromatic N) is 1. The first-order valence-corrected chi connectivity index (χ1v) is 5.99. The standard InChI is InChI=1S/C11H17F3N2O/c12-11(13,14)8-3-4-16(6-8)10(17)9(15)5-7-1-2-7/h7-9H,1-6,15H2. The van der Waals surface area contributed by atoms with E-state index in [1.165, 1.54) is 4.90 Å². The van der Waals surface area contributed by atoms with Crippen molar-refractivity contribution in [3.63, 3.8) is 0 Å². The van der Waals surface area contributed by atoms with Crippen LogP contribution in [0.15, 0.2) is 0 Å². The zero-order valence-corrected chi connectivity index (χ0v) is 9.54. The lowest BCUT2D eigenvalue weighted by atomic mass is 10.1. The third-order valence-corrected chi connectivity index (χ3v) is 3.56. The van der Waals surface area contributed by atoms with Gasteiger partial charge in [0.15, 0.2) is 0 Å². The Morgan fingerprint density at radius 3 is 2.47 bits per heavy atom. The molecular weight excluding hydrogens is 233 g/mol. The molecule has 2 rings (SSSR count). The Labute approximate surface area is 98.1 Å². The summed E-state index contributed by atoms with van der Waals surface area (Å²) in [6.45, 7) is -0.0396. The van der Waals surface area contributed by atoms with Crippen LogP contribution in [0, 0.1) is 11.8 Å². The first kappa shape index (κ1) is 12.7. The lowest BCUT2D eigenvalue weighted by Gasteiger charge is -2.21. The zero-order chi connectivity index (χ0) is 12.6. The van der Waals surface area contributed by atoms with Crippen molar-refractivity contribution in [3.05, 3.63) is 0 Å². The van der Waals surface area contributed by atoms with E-state index >= 15 is 0 Å². The van der Waals surface area contributed by atoms with E-state index < -0.39 is 18.1 Å². The highest BCUT2D eigenvalue weighted by Gasteiger charge is 2.45. The molecule has 0 spiro atoms. The van der Waals surface area contributed by atoms with Crippen LogP contribution in [-0.2, 0) is 4.79 Å². The number of hydrogen-bond acceptors (Lipinski definition) is 2. The van der Waals surface area contributed by atoms with Gasteiger partial charge in [0.25, 0.3) is 0 Å². The molecule has 1 saturated carbocycles. The van der Waals surface area contributed by atoms with E-state index in [0.29, 0.717) is 12.3 Å². The third kappa shape index (κ3) is 3.12. The molecule has 0 bridgehead atoms. The van der Waals surface area contributed by atoms with E-state index in [2.05, 4.69) is 0 Å². The van der Waals surface area contributed by atoms with E-state index in [-0.39, 0.29) is 25.4 Å². The van der Waals surface area contributed by atoms with Crippen LogP contribution in [0.1, 0.15) is 25.7 Å². The van der Waals surface area contributed by atoms with Crippen LogP contribution >= 0.6 is 0 Å². The fraction of sp³-hybridized carbons (Fsp3) is 0.909. The molecule has 2 unspecified atom stereocenters. The molecule has 3 nitrogen and oxygen atoms in total. The van der Waals surface area contributed by atoms with E-state index in [1.807, 2.05) is 0 Å². The Morgan fingerprint density at radius 2 is 2.00 bits per heavy atom. The summed E-state index contributed by atoms with van der Waals surface area (Å²) in [7, 11) is 0. The van der Waals surface area contributed by atoms with Gasteiger partial charge in [-0.25, -0.2) is 0 Å². The maximum atomic E-state index is 12.4. The Morgan fingerprint density at radius 1 is 1.35 bits per heavy atom. The zero-order valence-electron chi connectivity index (χ0n) is 9.54. The van der Waals surface area contributed by atoms with Gasteiger partial charge < -0.3 is 10.6 Å². The molecule has 17 heavy (non-hydrogen) atoms. The van der Waals surface area contributed by atoms with Crippen molar-refractivity contribution in [1.82, 2.24) is 4.90 Å². The smallest absolute Gasteiger partial charge is 0.341 e. The van der Waals surface area contributed by atoms with Gasteiger partial charge in [-0.2, -0.15) is 13.2 Å². The number of likely N-dealkylation sites (tertiary alicyclic amines) is 1. The van der Waals surface area contributed by atoms with Crippen LogP contribution in [0.5, 0.6) is 0 Å². The summed E-state index contributed by atoms with van der Waals surface area (Å²) in [6, 6.07) is -0.616. The maximum Gasteiger partial charge on any atom is 0.393 e. The van der Waals surface area contributed by atoms with Crippen molar-refractivity contribution in [2.45, 2.75) is 37.9 Å². The van der Waals surface area contributed by atoms with Gasteiger partial charge in [-0.15, -0.1) is 0 Å². The summed E-state index contributed by atoms with van der Waals surface area (Å²) < 4.78 is 37.3. The highest BCUT2D eigenvalue weighted by atomic mass is 19.4. The van der Waals surface area contributed by atoms with Gasteiger partial charge in [-0.3, -0.25) is 4.79 Å². The highest BCUT2D eigenvalue weighted by Crippen LogP contribution is 2.35. The second-order valence-corrected chi connectivity index (χ2v) is 5.10. The monoisotopic (exact) mass is 250 g/mol. The Kier molecular flexibility index (Phi) is 3.34. The second kappa shape index (κ2) is 4.48. The fourth-order valence-electron chi connectivity index (χ4n) is 2.28. The maximum absolute atomic E-state index is 12.4. The van der Waals surface area contributed by atoms with Crippen LogP contribution < -0.4 is 5.73 Å². The molecule has 1 amide bonds. The molecular formula is C11H17F3N2O. The number of alkyl halides is 3. The van der Waals surface area contributed by atoms with Crippen LogP contribution in [0.25, 0.3) is 0 Å². The molecule has 2 aliphatic rings. The molecule has 2 atom stereocenters. The molecule has 6 heteroatoms. The third-order valence-electron chi connectivity index (χ3n) is 3.56. The van der Waals surface area contributed by atoms with E-state index in [9.17, 15) is 18.0 Å². The van der Waals surface area contributed by atoms with E-state index in [1.54, 1.807) is 0 Å². The van der Waals surface area contributed by atoms with Crippen molar-refractivity contribution in [1.29, 1.82) is 0 Å². The quantitative estimate of drug-likeness (QED) is 0.825. The first-order valence-electron chi connectivity index (χ1n) is 5.99. The van der Waals surface area contributed by atoms with Gasteiger partial charge in [-0.05, 0) is 18.8 Å². The molecule has 2 N–H and O–H groups in total. The lowest BCUT2D eigenvalue weighted by molar-refractivity contribution is -0.171. The van der Waals surface area contributed by atoms with Gasteiger partial charge in [-0.1, -0.05) is 12.8 Å². The van der Waals surface area contributed by atoms with Crippen molar-refractivity contribution in [2.24, 2.45) is 17.6 Å². The molecule has 0 aromatic heterocycles. The summed E-state index contributed by atoms with van der Waals surface area (Å²) in [5, 5.41) is 0. The molecule has 98 valence electrons. The predicted octanol–water partition coefficient (Wildman–Crippen LogP) is 1.52. The number of halogens is 3. The molecule has 1 aliphatic carbocycles. The van der Waals surface area contributed by atoms with Crippen molar-refractivity contribution < 1.29 is 18.0 Å². The van der Waals surface area contributed by atoms with Crippen LogP contribution in [0.3, 0.4) is 0 Å².